The van der Waals surface area contributed by atoms with Gasteiger partial charge < -0.3 is 10.6 Å². The van der Waals surface area contributed by atoms with E-state index in [1.165, 1.54) is 11.3 Å². The molecular formula is C14H16N2OS. The lowest BCUT2D eigenvalue weighted by atomic mass is 10.2. The Hall–Kier alpha value is -1.81. The van der Waals surface area contributed by atoms with Crippen molar-refractivity contribution in [1.82, 2.24) is 0 Å². The van der Waals surface area contributed by atoms with E-state index in [1.54, 1.807) is 18.0 Å². The molecule has 0 aliphatic heterocycles. The molecule has 0 bridgehead atoms. The summed E-state index contributed by atoms with van der Waals surface area (Å²) in [6, 6.07) is 9.58. The van der Waals surface area contributed by atoms with E-state index in [2.05, 4.69) is 0 Å². The average Bonchev–Trinajstić information content (AvgIpc) is 2.68. The van der Waals surface area contributed by atoms with Gasteiger partial charge >= 0.3 is 0 Å². The van der Waals surface area contributed by atoms with Crippen LogP contribution in [0.25, 0.3) is 0 Å². The molecule has 2 N–H and O–H groups in total. The molecule has 0 unspecified atom stereocenters. The van der Waals surface area contributed by atoms with Crippen molar-refractivity contribution in [2.45, 2.75) is 13.8 Å². The SMILES string of the molecule is Cc1ccccc1N(C)C(=O)c1cc(N)c(C)s1. The molecule has 0 fully saturated rings. The number of nitrogen functional groups attached to an aromatic ring is 1. The Labute approximate surface area is 111 Å². The van der Waals surface area contributed by atoms with Crippen molar-refractivity contribution >= 4 is 28.6 Å². The van der Waals surface area contributed by atoms with Crippen LogP contribution in [-0.4, -0.2) is 13.0 Å². The highest BCUT2D eigenvalue weighted by Crippen LogP contribution is 2.27. The van der Waals surface area contributed by atoms with E-state index in [1.807, 2.05) is 38.1 Å². The summed E-state index contributed by atoms with van der Waals surface area (Å²) in [5.41, 5.74) is 8.47. The van der Waals surface area contributed by atoms with E-state index < -0.39 is 0 Å². The summed E-state index contributed by atoms with van der Waals surface area (Å²) in [5.74, 6) is -0.0194. The lowest BCUT2D eigenvalue weighted by Crippen LogP contribution is -2.26. The maximum Gasteiger partial charge on any atom is 0.268 e. The van der Waals surface area contributed by atoms with Crippen LogP contribution >= 0.6 is 11.3 Å². The van der Waals surface area contributed by atoms with Gasteiger partial charge in [0.05, 0.1) is 4.88 Å². The minimum Gasteiger partial charge on any atom is -0.398 e. The van der Waals surface area contributed by atoms with E-state index in [4.69, 9.17) is 5.73 Å². The van der Waals surface area contributed by atoms with Gasteiger partial charge in [0.2, 0.25) is 0 Å². The van der Waals surface area contributed by atoms with Crippen LogP contribution in [0.15, 0.2) is 30.3 Å². The Morgan fingerprint density at radius 1 is 1.28 bits per heavy atom. The molecule has 2 rings (SSSR count). The summed E-state index contributed by atoms with van der Waals surface area (Å²) in [4.78, 5) is 15.7. The van der Waals surface area contributed by atoms with Crippen LogP contribution in [0.4, 0.5) is 11.4 Å². The molecule has 0 radical (unpaired) electrons. The molecule has 1 aromatic heterocycles. The number of hydrogen-bond donors (Lipinski definition) is 1. The maximum atomic E-state index is 12.3. The van der Waals surface area contributed by atoms with Crippen LogP contribution in [0.5, 0.6) is 0 Å². The van der Waals surface area contributed by atoms with Crippen LogP contribution in [-0.2, 0) is 0 Å². The number of nitrogens with zero attached hydrogens (tertiary/aromatic N) is 1. The molecule has 94 valence electrons. The van der Waals surface area contributed by atoms with Gasteiger partial charge in [0.25, 0.3) is 5.91 Å². The first-order valence-electron chi connectivity index (χ1n) is 5.70. The van der Waals surface area contributed by atoms with E-state index in [9.17, 15) is 4.79 Å². The molecule has 4 heteroatoms. The minimum absolute atomic E-state index is 0.0194. The topological polar surface area (TPSA) is 46.3 Å². The first kappa shape index (κ1) is 12.6. The van der Waals surface area contributed by atoms with Gasteiger partial charge in [-0.15, -0.1) is 11.3 Å². The molecule has 18 heavy (non-hydrogen) atoms. The first-order chi connectivity index (χ1) is 8.50. The molecule has 0 aliphatic carbocycles. The number of nitrogens with two attached hydrogens (primary N) is 1. The second-order valence-electron chi connectivity index (χ2n) is 4.27. The zero-order chi connectivity index (χ0) is 13.3. The van der Waals surface area contributed by atoms with Crippen LogP contribution in [0.2, 0.25) is 0 Å². The Morgan fingerprint density at radius 2 is 1.94 bits per heavy atom. The van der Waals surface area contributed by atoms with Gasteiger partial charge in [0.15, 0.2) is 0 Å². The maximum absolute atomic E-state index is 12.3. The van der Waals surface area contributed by atoms with Crippen molar-refractivity contribution in [3.05, 3.63) is 45.6 Å². The summed E-state index contributed by atoms with van der Waals surface area (Å²) >= 11 is 1.44. The highest BCUT2D eigenvalue weighted by molar-refractivity contribution is 7.14. The highest BCUT2D eigenvalue weighted by atomic mass is 32.1. The summed E-state index contributed by atoms with van der Waals surface area (Å²) in [6.45, 7) is 3.91. The normalized spacial score (nSPS) is 10.4. The summed E-state index contributed by atoms with van der Waals surface area (Å²) in [5, 5.41) is 0. The average molecular weight is 260 g/mol. The van der Waals surface area contributed by atoms with E-state index in [0.717, 1.165) is 16.1 Å². The molecular weight excluding hydrogens is 244 g/mol. The Balaban J connectivity index is 2.32. The van der Waals surface area contributed by atoms with E-state index in [0.29, 0.717) is 10.6 Å². The van der Waals surface area contributed by atoms with Gasteiger partial charge in [0, 0.05) is 23.3 Å². The Morgan fingerprint density at radius 3 is 2.50 bits per heavy atom. The van der Waals surface area contributed by atoms with Crippen molar-refractivity contribution in [3.8, 4) is 0 Å². The van der Waals surface area contributed by atoms with Gasteiger partial charge in [-0.1, -0.05) is 18.2 Å². The number of thiophene rings is 1. The predicted molar refractivity (Wildman–Crippen MR) is 77.4 cm³/mol. The number of carbonyl (C=O) groups is 1. The standard InChI is InChI=1S/C14H16N2OS/c1-9-6-4-5-7-12(9)16(3)14(17)13-8-11(15)10(2)18-13/h4-8H,15H2,1-3H3. The van der Waals surface area contributed by atoms with Crippen LogP contribution < -0.4 is 10.6 Å². The highest BCUT2D eigenvalue weighted by Gasteiger charge is 2.17. The number of para-hydroxylation sites is 1. The van der Waals surface area contributed by atoms with Crippen molar-refractivity contribution in [1.29, 1.82) is 0 Å². The third-order valence-electron chi connectivity index (χ3n) is 2.95. The molecule has 1 amide bonds. The fourth-order valence-electron chi connectivity index (χ4n) is 1.82. The van der Waals surface area contributed by atoms with Crippen molar-refractivity contribution in [2.24, 2.45) is 0 Å². The molecule has 2 aromatic rings. The largest absolute Gasteiger partial charge is 0.398 e. The zero-order valence-corrected chi connectivity index (χ0v) is 11.5. The third-order valence-corrected chi connectivity index (χ3v) is 4.00. The second-order valence-corrected chi connectivity index (χ2v) is 5.53. The number of hydrogen-bond acceptors (Lipinski definition) is 3. The number of anilines is 2. The fourth-order valence-corrected chi connectivity index (χ4v) is 2.73. The monoisotopic (exact) mass is 260 g/mol. The molecule has 0 saturated carbocycles. The lowest BCUT2D eigenvalue weighted by Gasteiger charge is -2.18. The van der Waals surface area contributed by atoms with Crippen molar-refractivity contribution < 1.29 is 4.79 Å². The van der Waals surface area contributed by atoms with Gasteiger partial charge in [-0.2, -0.15) is 0 Å². The molecule has 0 aliphatic rings. The molecule has 0 spiro atoms. The molecule has 1 heterocycles. The first-order valence-corrected chi connectivity index (χ1v) is 6.52. The van der Waals surface area contributed by atoms with Crippen molar-refractivity contribution in [3.63, 3.8) is 0 Å². The predicted octanol–water partition coefficient (Wildman–Crippen LogP) is 3.22. The summed E-state index contributed by atoms with van der Waals surface area (Å²) in [6.07, 6.45) is 0. The number of carbonyl (C=O) groups excluding carboxylic acids is 1. The van der Waals surface area contributed by atoms with Crippen molar-refractivity contribution in [2.75, 3.05) is 17.7 Å². The Bertz CT molecular complexity index is 570. The molecule has 0 atom stereocenters. The van der Waals surface area contributed by atoms with Gasteiger partial charge in [0.1, 0.15) is 0 Å². The summed E-state index contributed by atoms with van der Waals surface area (Å²) < 4.78 is 0. The van der Waals surface area contributed by atoms with Gasteiger partial charge in [-0.3, -0.25) is 4.79 Å². The number of benzene rings is 1. The molecule has 3 nitrogen and oxygen atoms in total. The number of rotatable bonds is 2. The molecule has 0 saturated heterocycles. The van der Waals surface area contributed by atoms with Gasteiger partial charge in [-0.05, 0) is 31.5 Å². The minimum atomic E-state index is -0.0194. The van der Waals surface area contributed by atoms with Crippen LogP contribution in [0, 0.1) is 13.8 Å². The quantitative estimate of drug-likeness (QED) is 0.901. The lowest BCUT2D eigenvalue weighted by molar-refractivity contribution is 0.0996. The van der Waals surface area contributed by atoms with E-state index in [-0.39, 0.29) is 5.91 Å². The van der Waals surface area contributed by atoms with Crippen LogP contribution in [0.3, 0.4) is 0 Å². The third kappa shape index (κ3) is 2.24. The Kier molecular flexibility index (Phi) is 3.39. The van der Waals surface area contributed by atoms with Gasteiger partial charge in [-0.25, -0.2) is 0 Å². The summed E-state index contributed by atoms with van der Waals surface area (Å²) in [7, 11) is 1.79. The zero-order valence-electron chi connectivity index (χ0n) is 10.7. The number of aryl methyl sites for hydroxylation is 2. The smallest absolute Gasteiger partial charge is 0.268 e. The van der Waals surface area contributed by atoms with Crippen LogP contribution in [0.1, 0.15) is 20.1 Å². The fraction of sp³-hybridized carbons (Fsp3) is 0.214. The number of amides is 1. The molecule has 1 aromatic carbocycles. The second kappa shape index (κ2) is 4.82. The van der Waals surface area contributed by atoms with E-state index >= 15 is 0 Å².